The van der Waals surface area contributed by atoms with Gasteiger partial charge in [0.1, 0.15) is 0 Å². The molecule has 0 atom stereocenters. The van der Waals surface area contributed by atoms with Crippen LogP contribution >= 0.6 is 0 Å². The monoisotopic (exact) mass is 423 g/mol. The predicted molar refractivity (Wildman–Crippen MR) is 141 cm³/mol. The number of fused-ring (bicyclic) bond motifs is 1. The van der Waals surface area contributed by atoms with Gasteiger partial charge in [-0.2, -0.15) is 0 Å². The van der Waals surface area contributed by atoms with Crippen LogP contribution in [0.5, 0.6) is 0 Å². The third-order valence-electron chi connectivity index (χ3n) is 6.35. The summed E-state index contributed by atoms with van der Waals surface area (Å²) in [5, 5.41) is 0. The highest BCUT2D eigenvalue weighted by atomic mass is 15.1. The Morgan fingerprint density at radius 3 is 2.47 bits per heavy atom. The summed E-state index contributed by atoms with van der Waals surface area (Å²) in [6.45, 7) is 18.2. The van der Waals surface area contributed by atoms with E-state index in [0.29, 0.717) is 0 Å². The normalized spacial score (nSPS) is 14.1. The standard InChI is InChI=1S/C31H37N/c1-6-8-14-28-15-9-10-17-30(28)23-25(4)27(7-2)21-20-24(3)26(5)32-22-13-18-29-16-11-12-19-31(29)32/h7,9-12,15-17,19-21H,2,4-6,8,13-14,18,22-23H2,1,3H3/b24-20+,27-21+. The Morgan fingerprint density at radius 1 is 1.00 bits per heavy atom. The molecule has 0 saturated heterocycles. The van der Waals surface area contributed by atoms with E-state index >= 15 is 0 Å². The Morgan fingerprint density at radius 2 is 1.72 bits per heavy atom. The maximum absolute atomic E-state index is 4.41. The van der Waals surface area contributed by atoms with E-state index in [1.54, 1.807) is 0 Å². The van der Waals surface area contributed by atoms with E-state index in [-0.39, 0.29) is 0 Å². The van der Waals surface area contributed by atoms with Gasteiger partial charge in [0.15, 0.2) is 0 Å². The van der Waals surface area contributed by atoms with Crippen molar-refractivity contribution in [2.75, 3.05) is 11.4 Å². The molecule has 2 aromatic carbocycles. The lowest BCUT2D eigenvalue weighted by atomic mass is 9.93. The van der Waals surface area contributed by atoms with E-state index in [1.807, 2.05) is 6.08 Å². The fourth-order valence-corrected chi connectivity index (χ4v) is 4.34. The number of unbranched alkanes of at least 4 members (excludes halogenated alkanes) is 1. The van der Waals surface area contributed by atoms with Gasteiger partial charge >= 0.3 is 0 Å². The van der Waals surface area contributed by atoms with Crippen LogP contribution < -0.4 is 4.90 Å². The maximum Gasteiger partial charge on any atom is 0.0443 e. The Bertz CT molecular complexity index is 1030. The van der Waals surface area contributed by atoms with Crippen LogP contribution in [0.4, 0.5) is 5.69 Å². The molecule has 0 unspecified atom stereocenters. The summed E-state index contributed by atoms with van der Waals surface area (Å²) in [6, 6.07) is 17.4. The highest BCUT2D eigenvalue weighted by Crippen LogP contribution is 2.31. The molecule has 0 radical (unpaired) electrons. The summed E-state index contributed by atoms with van der Waals surface area (Å²) in [7, 11) is 0. The molecule has 0 N–H and O–H groups in total. The number of aryl methyl sites for hydroxylation is 2. The molecule has 2 aromatic rings. The number of allylic oxidation sites excluding steroid dienone is 6. The zero-order chi connectivity index (χ0) is 22.9. The molecule has 1 aliphatic rings. The quantitative estimate of drug-likeness (QED) is 0.348. The molecular weight excluding hydrogens is 386 g/mol. The first-order valence-corrected chi connectivity index (χ1v) is 11.9. The van der Waals surface area contributed by atoms with Gasteiger partial charge in [-0.1, -0.05) is 93.8 Å². The molecule has 0 saturated carbocycles. The van der Waals surface area contributed by atoms with E-state index in [4.69, 9.17) is 0 Å². The molecule has 0 amide bonds. The second-order valence-corrected chi connectivity index (χ2v) is 8.66. The zero-order valence-corrected chi connectivity index (χ0v) is 19.9. The lowest BCUT2D eigenvalue weighted by Crippen LogP contribution is -2.28. The molecule has 32 heavy (non-hydrogen) atoms. The van der Waals surface area contributed by atoms with Crippen molar-refractivity contribution in [3.05, 3.63) is 126 Å². The molecule has 166 valence electrons. The van der Waals surface area contributed by atoms with Crippen molar-refractivity contribution in [1.82, 2.24) is 0 Å². The van der Waals surface area contributed by atoms with Crippen LogP contribution in [0.15, 0.2) is 109 Å². The molecule has 0 aromatic heterocycles. The number of anilines is 1. The van der Waals surface area contributed by atoms with Crippen molar-refractivity contribution in [2.24, 2.45) is 0 Å². The fraction of sp³-hybridized carbons (Fsp3) is 0.290. The van der Waals surface area contributed by atoms with Gasteiger partial charge < -0.3 is 4.90 Å². The summed E-state index contributed by atoms with van der Waals surface area (Å²) < 4.78 is 0. The van der Waals surface area contributed by atoms with Crippen LogP contribution in [0, 0.1) is 0 Å². The van der Waals surface area contributed by atoms with Gasteiger partial charge in [0, 0.05) is 17.9 Å². The van der Waals surface area contributed by atoms with Gasteiger partial charge in [-0.25, -0.2) is 0 Å². The molecule has 1 heterocycles. The van der Waals surface area contributed by atoms with Crippen molar-refractivity contribution in [1.29, 1.82) is 0 Å². The predicted octanol–water partition coefficient (Wildman–Crippen LogP) is 8.15. The Labute approximate surface area is 195 Å². The van der Waals surface area contributed by atoms with Gasteiger partial charge in [0.25, 0.3) is 0 Å². The number of hydrogen-bond donors (Lipinski definition) is 0. The zero-order valence-electron chi connectivity index (χ0n) is 19.9. The van der Waals surface area contributed by atoms with Crippen LogP contribution in [-0.2, 0) is 19.3 Å². The first-order valence-electron chi connectivity index (χ1n) is 11.9. The Kier molecular flexibility index (Phi) is 8.50. The molecule has 3 rings (SSSR count). The first kappa shape index (κ1) is 23.6. The van der Waals surface area contributed by atoms with Gasteiger partial charge in [-0.3, -0.25) is 0 Å². The number of rotatable bonds is 10. The minimum Gasteiger partial charge on any atom is -0.342 e. The summed E-state index contributed by atoms with van der Waals surface area (Å²) in [5.41, 5.74) is 9.91. The average molecular weight is 424 g/mol. The molecular formula is C31H37N. The first-order chi connectivity index (χ1) is 15.5. The molecule has 1 aliphatic heterocycles. The Hall–Kier alpha value is -3.06. The Balaban J connectivity index is 1.74. The SMILES string of the molecule is C=C/C(=C\C=C(/C)C(=C)N1CCCc2ccccc21)C(=C)Cc1ccccc1CCCC. The van der Waals surface area contributed by atoms with Gasteiger partial charge in [0.05, 0.1) is 0 Å². The molecule has 0 spiro atoms. The average Bonchev–Trinajstić information content (AvgIpc) is 2.83. The van der Waals surface area contributed by atoms with E-state index in [1.165, 1.54) is 35.2 Å². The lowest BCUT2D eigenvalue weighted by Gasteiger charge is -2.33. The lowest BCUT2D eigenvalue weighted by molar-refractivity contribution is 0.748. The van der Waals surface area contributed by atoms with Gasteiger partial charge in [-0.05, 0) is 78.5 Å². The summed E-state index contributed by atoms with van der Waals surface area (Å²) in [4.78, 5) is 2.35. The number of benzene rings is 2. The van der Waals surface area contributed by atoms with E-state index in [9.17, 15) is 0 Å². The highest BCUT2D eigenvalue weighted by molar-refractivity contribution is 5.62. The third kappa shape index (κ3) is 5.79. The maximum atomic E-state index is 4.41. The molecule has 0 aliphatic carbocycles. The molecule has 0 fully saturated rings. The van der Waals surface area contributed by atoms with E-state index in [2.05, 4.69) is 99.2 Å². The number of hydrogen-bond acceptors (Lipinski definition) is 1. The van der Waals surface area contributed by atoms with Crippen molar-refractivity contribution in [3.8, 4) is 0 Å². The van der Waals surface area contributed by atoms with Gasteiger partial charge in [-0.15, -0.1) is 0 Å². The summed E-state index contributed by atoms with van der Waals surface area (Å²) >= 11 is 0. The van der Waals surface area contributed by atoms with Crippen molar-refractivity contribution in [3.63, 3.8) is 0 Å². The minimum atomic E-state index is 0.852. The molecule has 0 bridgehead atoms. The summed E-state index contributed by atoms with van der Waals surface area (Å²) in [6.07, 6.45) is 12.9. The smallest absolute Gasteiger partial charge is 0.0443 e. The topological polar surface area (TPSA) is 3.24 Å². The van der Waals surface area contributed by atoms with E-state index < -0.39 is 0 Å². The van der Waals surface area contributed by atoms with Gasteiger partial charge in [0.2, 0.25) is 0 Å². The number of nitrogens with zero attached hydrogens (tertiary/aromatic N) is 1. The van der Waals surface area contributed by atoms with Crippen LogP contribution in [0.2, 0.25) is 0 Å². The molecule has 1 nitrogen and oxygen atoms in total. The second-order valence-electron chi connectivity index (χ2n) is 8.66. The summed E-state index contributed by atoms with van der Waals surface area (Å²) in [5.74, 6) is 0. The minimum absolute atomic E-state index is 0.852. The third-order valence-corrected chi connectivity index (χ3v) is 6.35. The van der Waals surface area contributed by atoms with Crippen molar-refractivity contribution >= 4 is 5.69 Å². The second kappa shape index (κ2) is 11.5. The van der Waals surface area contributed by atoms with Crippen LogP contribution in [0.3, 0.4) is 0 Å². The van der Waals surface area contributed by atoms with Crippen LogP contribution in [0.25, 0.3) is 0 Å². The number of para-hydroxylation sites is 1. The fourth-order valence-electron chi connectivity index (χ4n) is 4.34. The van der Waals surface area contributed by atoms with Crippen molar-refractivity contribution < 1.29 is 0 Å². The van der Waals surface area contributed by atoms with Crippen molar-refractivity contribution in [2.45, 2.75) is 52.4 Å². The van der Waals surface area contributed by atoms with Crippen LogP contribution in [-0.4, -0.2) is 6.54 Å². The molecule has 1 heteroatoms. The van der Waals surface area contributed by atoms with E-state index in [0.717, 1.165) is 54.6 Å². The van der Waals surface area contributed by atoms with Crippen LogP contribution in [0.1, 0.15) is 49.8 Å². The highest BCUT2D eigenvalue weighted by Gasteiger charge is 2.18. The largest absolute Gasteiger partial charge is 0.342 e.